The van der Waals surface area contributed by atoms with Crippen LogP contribution < -0.4 is 5.32 Å². The Morgan fingerprint density at radius 3 is 2.86 bits per heavy atom. The van der Waals surface area contributed by atoms with Crippen molar-refractivity contribution in [3.63, 3.8) is 0 Å². The summed E-state index contributed by atoms with van der Waals surface area (Å²) in [5.41, 5.74) is 2.11. The largest absolute Gasteiger partial charge is 0.316 e. The molecule has 0 amide bonds. The zero-order chi connectivity index (χ0) is 14.8. The molecule has 0 aliphatic carbocycles. The molecule has 110 valence electrons. The second-order valence-corrected chi connectivity index (χ2v) is 7.02. The molecule has 1 N–H and O–H groups in total. The number of fused-ring (bicyclic) bond motifs is 1. The van der Waals surface area contributed by atoms with Gasteiger partial charge in [-0.15, -0.1) is 11.8 Å². The van der Waals surface area contributed by atoms with Crippen LogP contribution in [0.25, 0.3) is 0 Å². The summed E-state index contributed by atoms with van der Waals surface area (Å²) in [6, 6.07) is 13.7. The third-order valence-electron chi connectivity index (χ3n) is 3.95. The van der Waals surface area contributed by atoms with E-state index in [9.17, 15) is 4.39 Å². The minimum Gasteiger partial charge on any atom is -0.316 e. The van der Waals surface area contributed by atoms with Crippen molar-refractivity contribution in [2.24, 2.45) is 0 Å². The van der Waals surface area contributed by atoms with Crippen molar-refractivity contribution >= 4 is 23.4 Å². The second kappa shape index (κ2) is 6.39. The Balaban J connectivity index is 1.75. The van der Waals surface area contributed by atoms with Crippen molar-refractivity contribution < 1.29 is 4.39 Å². The van der Waals surface area contributed by atoms with Crippen LogP contribution in [0.5, 0.6) is 0 Å². The van der Waals surface area contributed by atoms with Crippen molar-refractivity contribution in [1.29, 1.82) is 0 Å². The number of benzene rings is 2. The lowest BCUT2D eigenvalue weighted by atomic mass is 9.98. The average molecular weight is 322 g/mol. The van der Waals surface area contributed by atoms with Crippen molar-refractivity contribution in [3.8, 4) is 0 Å². The number of likely N-dealkylation sites (N-methyl/N-ethyl adjacent to an activating group) is 1. The van der Waals surface area contributed by atoms with E-state index in [4.69, 9.17) is 11.6 Å². The van der Waals surface area contributed by atoms with Crippen LogP contribution in [-0.4, -0.2) is 18.3 Å². The molecular weight excluding hydrogens is 305 g/mol. The van der Waals surface area contributed by atoms with Crippen LogP contribution in [0, 0.1) is 5.82 Å². The van der Waals surface area contributed by atoms with E-state index in [-0.39, 0.29) is 11.9 Å². The normalized spacial score (nSPS) is 18.5. The zero-order valence-corrected chi connectivity index (χ0v) is 13.3. The summed E-state index contributed by atoms with van der Waals surface area (Å²) < 4.78 is 14.0. The van der Waals surface area contributed by atoms with Crippen molar-refractivity contribution in [3.05, 3.63) is 64.4 Å². The second-order valence-electron chi connectivity index (χ2n) is 5.30. The number of rotatable bonds is 4. The molecule has 1 aliphatic heterocycles. The summed E-state index contributed by atoms with van der Waals surface area (Å²) in [5, 5.41) is 4.23. The fourth-order valence-corrected chi connectivity index (χ4v) is 4.38. The molecule has 2 unspecified atom stereocenters. The Kier molecular flexibility index (Phi) is 4.53. The van der Waals surface area contributed by atoms with Gasteiger partial charge >= 0.3 is 0 Å². The fraction of sp³-hybridized carbons (Fsp3) is 0.294. The predicted molar refractivity (Wildman–Crippen MR) is 87.8 cm³/mol. The van der Waals surface area contributed by atoms with E-state index in [0.29, 0.717) is 16.7 Å². The summed E-state index contributed by atoms with van der Waals surface area (Å²) in [5.74, 6) is -0.219. The maximum absolute atomic E-state index is 14.0. The highest BCUT2D eigenvalue weighted by molar-refractivity contribution is 8.00. The first-order chi connectivity index (χ1) is 10.2. The van der Waals surface area contributed by atoms with E-state index >= 15 is 0 Å². The fourth-order valence-electron chi connectivity index (χ4n) is 2.78. The highest BCUT2D eigenvalue weighted by Gasteiger charge is 2.29. The average Bonchev–Trinajstić information content (AvgIpc) is 2.90. The van der Waals surface area contributed by atoms with Gasteiger partial charge in [0.05, 0.1) is 0 Å². The minimum atomic E-state index is -0.219. The van der Waals surface area contributed by atoms with Crippen LogP contribution in [0.2, 0.25) is 5.02 Å². The van der Waals surface area contributed by atoms with Gasteiger partial charge in [-0.3, -0.25) is 0 Å². The molecule has 2 atom stereocenters. The van der Waals surface area contributed by atoms with Gasteiger partial charge in [-0.25, -0.2) is 4.39 Å². The van der Waals surface area contributed by atoms with E-state index < -0.39 is 0 Å². The molecular formula is C17H17ClFNS. The van der Waals surface area contributed by atoms with Crippen LogP contribution in [0.3, 0.4) is 0 Å². The van der Waals surface area contributed by atoms with Gasteiger partial charge in [0.15, 0.2) is 0 Å². The Bertz CT molecular complexity index is 621. The maximum Gasteiger partial charge on any atom is 0.127 e. The lowest BCUT2D eigenvalue weighted by Gasteiger charge is -2.22. The molecule has 3 rings (SSSR count). The lowest BCUT2D eigenvalue weighted by Crippen LogP contribution is -2.37. The third-order valence-corrected chi connectivity index (χ3v) is 5.63. The number of hydrogen-bond acceptors (Lipinski definition) is 2. The summed E-state index contributed by atoms with van der Waals surface area (Å²) in [6.07, 6.45) is 1.70. The maximum atomic E-state index is 14.0. The Morgan fingerprint density at radius 1 is 1.33 bits per heavy atom. The Labute approximate surface area is 133 Å². The molecule has 0 saturated carbocycles. The van der Waals surface area contributed by atoms with Crippen LogP contribution in [0.15, 0.2) is 47.4 Å². The molecule has 0 aromatic heterocycles. The van der Waals surface area contributed by atoms with Crippen molar-refractivity contribution in [1.82, 2.24) is 5.32 Å². The van der Waals surface area contributed by atoms with Gasteiger partial charge in [0.25, 0.3) is 0 Å². The molecule has 2 aromatic carbocycles. The highest BCUT2D eigenvalue weighted by Crippen LogP contribution is 2.39. The molecule has 4 heteroatoms. The summed E-state index contributed by atoms with van der Waals surface area (Å²) in [4.78, 5) is 1.35. The molecule has 1 nitrogen and oxygen atoms in total. The molecule has 0 fully saturated rings. The molecule has 0 radical (unpaired) electrons. The first-order valence-electron chi connectivity index (χ1n) is 7.03. The summed E-state index contributed by atoms with van der Waals surface area (Å²) in [7, 11) is 1.95. The van der Waals surface area contributed by atoms with Gasteiger partial charge in [-0.1, -0.05) is 35.9 Å². The Morgan fingerprint density at radius 2 is 2.14 bits per heavy atom. The van der Waals surface area contributed by atoms with E-state index in [1.165, 1.54) is 16.5 Å². The number of hydrogen-bond donors (Lipinski definition) is 1. The highest BCUT2D eigenvalue weighted by atomic mass is 35.5. The van der Waals surface area contributed by atoms with Crippen molar-refractivity contribution in [2.45, 2.75) is 29.0 Å². The molecule has 21 heavy (non-hydrogen) atoms. The Hall–Kier alpha value is -1.03. The van der Waals surface area contributed by atoms with Gasteiger partial charge in [0, 0.05) is 21.2 Å². The number of nitrogens with one attached hydrogen (secondary N) is 1. The van der Waals surface area contributed by atoms with E-state index in [1.54, 1.807) is 12.1 Å². The van der Waals surface area contributed by atoms with Gasteiger partial charge in [-0.05, 0) is 49.2 Å². The smallest absolute Gasteiger partial charge is 0.127 e. The van der Waals surface area contributed by atoms with Gasteiger partial charge in [0.2, 0.25) is 0 Å². The van der Waals surface area contributed by atoms with Crippen LogP contribution in [0.1, 0.15) is 11.1 Å². The van der Waals surface area contributed by atoms with Crippen LogP contribution in [0.4, 0.5) is 4.39 Å². The third kappa shape index (κ3) is 3.25. The topological polar surface area (TPSA) is 12.0 Å². The molecule has 2 aromatic rings. The zero-order valence-electron chi connectivity index (χ0n) is 11.8. The molecule has 0 bridgehead atoms. The number of halogens is 2. The van der Waals surface area contributed by atoms with Crippen LogP contribution in [-0.2, 0) is 12.8 Å². The van der Waals surface area contributed by atoms with E-state index in [1.807, 2.05) is 18.8 Å². The van der Waals surface area contributed by atoms with Gasteiger partial charge in [-0.2, -0.15) is 0 Å². The predicted octanol–water partition coefficient (Wildman–Crippen LogP) is 4.33. The quantitative estimate of drug-likeness (QED) is 0.899. The van der Waals surface area contributed by atoms with Gasteiger partial charge < -0.3 is 5.32 Å². The van der Waals surface area contributed by atoms with E-state index in [0.717, 1.165) is 12.0 Å². The van der Waals surface area contributed by atoms with Gasteiger partial charge in [0.1, 0.15) is 5.82 Å². The number of thioether (sulfide) groups is 1. The first kappa shape index (κ1) is 14.9. The first-order valence-corrected chi connectivity index (χ1v) is 8.29. The molecule has 1 heterocycles. The molecule has 1 aliphatic rings. The summed E-state index contributed by atoms with van der Waals surface area (Å²) in [6.45, 7) is 0. The van der Waals surface area contributed by atoms with Crippen molar-refractivity contribution in [2.75, 3.05) is 7.05 Å². The lowest BCUT2D eigenvalue weighted by molar-refractivity contribution is 0.518. The monoisotopic (exact) mass is 321 g/mol. The molecule has 0 saturated heterocycles. The standard InChI is InChI=1S/C17H17ClFNS/c1-20-15(8-11-6-7-13(18)10-14(11)19)17-9-12-4-2-3-5-16(12)21-17/h2-7,10,15,17,20H,8-9H2,1H3. The minimum absolute atomic E-state index is 0.219. The van der Waals surface area contributed by atoms with Crippen LogP contribution >= 0.6 is 23.4 Å². The van der Waals surface area contributed by atoms with E-state index in [2.05, 4.69) is 29.6 Å². The molecule has 0 spiro atoms. The SMILES string of the molecule is CNC(Cc1ccc(Cl)cc1F)C1Cc2ccccc2S1. The summed E-state index contributed by atoms with van der Waals surface area (Å²) >= 11 is 7.70.